The Labute approximate surface area is 195 Å². The molecular formula is C24H20Cl2N4O2. The maximum atomic E-state index is 13.5. The number of hydrogen-bond acceptors (Lipinski definition) is 4. The zero-order valence-corrected chi connectivity index (χ0v) is 18.6. The number of nitrogens with one attached hydrogen (secondary N) is 1. The summed E-state index contributed by atoms with van der Waals surface area (Å²) in [5.41, 5.74) is 2.44. The van der Waals surface area contributed by atoms with E-state index >= 15 is 0 Å². The number of pyridine rings is 1. The van der Waals surface area contributed by atoms with E-state index in [0.29, 0.717) is 41.8 Å². The van der Waals surface area contributed by atoms with Crippen LogP contribution in [0.15, 0.2) is 67.1 Å². The molecule has 0 aliphatic carbocycles. The first-order chi connectivity index (χ1) is 15.6. The van der Waals surface area contributed by atoms with Crippen LogP contribution in [0.25, 0.3) is 16.9 Å². The highest BCUT2D eigenvalue weighted by atomic mass is 35.5. The maximum Gasteiger partial charge on any atom is 0.235 e. The van der Waals surface area contributed by atoms with E-state index in [1.807, 2.05) is 47.0 Å². The third kappa shape index (κ3) is 3.75. The minimum Gasteiger partial charge on any atom is -0.381 e. The van der Waals surface area contributed by atoms with Crippen molar-refractivity contribution in [3.8, 4) is 5.82 Å². The highest BCUT2D eigenvalue weighted by Crippen LogP contribution is 2.40. The van der Waals surface area contributed by atoms with E-state index in [4.69, 9.17) is 27.9 Å². The Kier molecular flexibility index (Phi) is 5.59. The molecule has 3 heterocycles. The fourth-order valence-electron chi connectivity index (χ4n) is 4.21. The van der Waals surface area contributed by atoms with Gasteiger partial charge in [-0.3, -0.25) is 9.36 Å². The zero-order chi connectivity index (χ0) is 22.1. The van der Waals surface area contributed by atoms with Crippen LogP contribution in [0.3, 0.4) is 0 Å². The molecule has 32 heavy (non-hydrogen) atoms. The third-order valence-electron chi connectivity index (χ3n) is 5.93. The molecule has 0 saturated carbocycles. The quantitative estimate of drug-likeness (QED) is 0.436. The van der Waals surface area contributed by atoms with E-state index in [0.717, 1.165) is 22.4 Å². The number of rotatable bonds is 4. The van der Waals surface area contributed by atoms with Crippen LogP contribution < -0.4 is 5.32 Å². The average Bonchev–Trinajstić information content (AvgIpc) is 3.24. The summed E-state index contributed by atoms with van der Waals surface area (Å²) in [4.78, 5) is 22.5. The number of anilines is 1. The highest BCUT2D eigenvalue weighted by molar-refractivity contribution is 6.35. The normalized spacial score (nSPS) is 15.6. The Morgan fingerprint density at radius 3 is 2.59 bits per heavy atom. The van der Waals surface area contributed by atoms with E-state index in [-0.39, 0.29) is 5.91 Å². The van der Waals surface area contributed by atoms with Crippen LogP contribution in [0.1, 0.15) is 18.4 Å². The van der Waals surface area contributed by atoms with Gasteiger partial charge in [-0.2, -0.15) is 0 Å². The average molecular weight is 467 g/mol. The lowest BCUT2D eigenvalue weighted by molar-refractivity contribution is -0.125. The second-order valence-corrected chi connectivity index (χ2v) is 8.62. The molecule has 1 fully saturated rings. The van der Waals surface area contributed by atoms with Crippen molar-refractivity contribution in [3.05, 3.63) is 82.7 Å². The van der Waals surface area contributed by atoms with Gasteiger partial charge >= 0.3 is 0 Å². The topological polar surface area (TPSA) is 69.0 Å². The number of imidazole rings is 1. The highest BCUT2D eigenvalue weighted by Gasteiger charge is 2.43. The van der Waals surface area contributed by atoms with Crippen molar-refractivity contribution in [2.24, 2.45) is 0 Å². The van der Waals surface area contributed by atoms with Crippen molar-refractivity contribution in [2.75, 3.05) is 18.5 Å². The third-order valence-corrected chi connectivity index (χ3v) is 6.48. The van der Waals surface area contributed by atoms with Gasteiger partial charge in [0.1, 0.15) is 12.1 Å². The van der Waals surface area contributed by atoms with Crippen molar-refractivity contribution < 1.29 is 9.53 Å². The van der Waals surface area contributed by atoms with Gasteiger partial charge in [-0.25, -0.2) is 9.97 Å². The number of ether oxygens (including phenoxy) is 1. The summed E-state index contributed by atoms with van der Waals surface area (Å²) in [6, 6.07) is 16.8. The lowest BCUT2D eigenvalue weighted by Crippen LogP contribution is -2.45. The van der Waals surface area contributed by atoms with Crippen LogP contribution in [0, 0.1) is 0 Å². The van der Waals surface area contributed by atoms with Crippen LogP contribution in [0.2, 0.25) is 10.0 Å². The molecule has 0 radical (unpaired) electrons. The summed E-state index contributed by atoms with van der Waals surface area (Å²) in [5.74, 6) is 0.589. The number of aromatic nitrogens is 3. The molecule has 0 unspecified atom stereocenters. The molecule has 2 aromatic carbocycles. The SMILES string of the molecule is O=C(Nc1ccc(-n2cnc3ccccc32)nc1)C1(c2ccc(Cl)cc2Cl)CCOCC1. The van der Waals surface area contributed by atoms with Crippen molar-refractivity contribution in [2.45, 2.75) is 18.3 Å². The number of carbonyl (C=O) groups is 1. The van der Waals surface area contributed by atoms with Gasteiger partial charge in [0.15, 0.2) is 0 Å². The molecule has 162 valence electrons. The Morgan fingerprint density at radius 1 is 1.03 bits per heavy atom. The number of halogens is 2. The van der Waals surface area contributed by atoms with Crippen LogP contribution in [0.5, 0.6) is 0 Å². The summed E-state index contributed by atoms with van der Waals surface area (Å²) in [5, 5.41) is 4.05. The van der Waals surface area contributed by atoms with Gasteiger partial charge in [0.2, 0.25) is 5.91 Å². The molecule has 1 N–H and O–H groups in total. The molecule has 8 heteroatoms. The molecule has 2 aromatic heterocycles. The first-order valence-electron chi connectivity index (χ1n) is 10.3. The van der Waals surface area contributed by atoms with Crippen molar-refractivity contribution >= 4 is 45.8 Å². The van der Waals surface area contributed by atoms with Crippen LogP contribution >= 0.6 is 23.2 Å². The van der Waals surface area contributed by atoms with Crippen LogP contribution in [0.4, 0.5) is 5.69 Å². The van der Waals surface area contributed by atoms with E-state index in [2.05, 4.69) is 15.3 Å². The maximum absolute atomic E-state index is 13.5. The summed E-state index contributed by atoms with van der Waals surface area (Å²) >= 11 is 12.6. The van der Waals surface area contributed by atoms with Crippen molar-refractivity contribution in [1.29, 1.82) is 0 Å². The van der Waals surface area contributed by atoms with Gasteiger partial charge in [0.05, 0.1) is 28.3 Å². The lowest BCUT2D eigenvalue weighted by Gasteiger charge is -2.36. The Morgan fingerprint density at radius 2 is 1.84 bits per heavy atom. The Bertz CT molecular complexity index is 1280. The predicted molar refractivity (Wildman–Crippen MR) is 126 cm³/mol. The van der Waals surface area contributed by atoms with Gasteiger partial charge in [-0.1, -0.05) is 41.4 Å². The molecule has 0 bridgehead atoms. The summed E-state index contributed by atoms with van der Waals surface area (Å²) < 4.78 is 7.44. The fraction of sp³-hybridized carbons (Fsp3) is 0.208. The smallest absolute Gasteiger partial charge is 0.235 e. The number of amides is 1. The lowest BCUT2D eigenvalue weighted by atomic mass is 9.73. The van der Waals surface area contributed by atoms with Gasteiger partial charge in [0.25, 0.3) is 0 Å². The molecule has 1 amide bonds. The van der Waals surface area contributed by atoms with Crippen molar-refractivity contribution in [1.82, 2.24) is 14.5 Å². The van der Waals surface area contributed by atoms with E-state index in [9.17, 15) is 4.79 Å². The van der Waals surface area contributed by atoms with Gasteiger partial charge in [-0.15, -0.1) is 0 Å². The van der Waals surface area contributed by atoms with Gasteiger partial charge in [-0.05, 0) is 54.8 Å². The minimum atomic E-state index is -0.793. The van der Waals surface area contributed by atoms with E-state index in [1.54, 1.807) is 24.7 Å². The Hall–Kier alpha value is -2.93. The summed E-state index contributed by atoms with van der Waals surface area (Å²) in [7, 11) is 0. The monoisotopic (exact) mass is 466 g/mol. The summed E-state index contributed by atoms with van der Waals surface area (Å²) in [6.45, 7) is 0.967. The zero-order valence-electron chi connectivity index (χ0n) is 17.1. The number of fused-ring (bicyclic) bond motifs is 1. The summed E-state index contributed by atoms with van der Waals surface area (Å²) in [6.07, 6.45) is 4.46. The minimum absolute atomic E-state index is 0.132. The molecule has 6 nitrogen and oxygen atoms in total. The molecule has 1 aliphatic heterocycles. The molecule has 4 aromatic rings. The molecule has 1 saturated heterocycles. The number of hydrogen-bond donors (Lipinski definition) is 1. The second kappa shape index (κ2) is 8.54. The largest absolute Gasteiger partial charge is 0.381 e. The number of para-hydroxylation sites is 2. The first kappa shape index (κ1) is 20.9. The predicted octanol–water partition coefficient (Wildman–Crippen LogP) is 5.41. The first-order valence-corrected chi connectivity index (χ1v) is 11.1. The van der Waals surface area contributed by atoms with Crippen LogP contribution in [-0.4, -0.2) is 33.7 Å². The van der Waals surface area contributed by atoms with Crippen LogP contribution in [-0.2, 0) is 14.9 Å². The van der Waals surface area contributed by atoms with Gasteiger partial charge < -0.3 is 10.1 Å². The van der Waals surface area contributed by atoms with Crippen molar-refractivity contribution in [3.63, 3.8) is 0 Å². The second-order valence-electron chi connectivity index (χ2n) is 7.78. The number of carbonyl (C=O) groups excluding carboxylic acids is 1. The number of benzene rings is 2. The molecule has 0 atom stereocenters. The Balaban J connectivity index is 1.42. The van der Waals surface area contributed by atoms with E-state index < -0.39 is 5.41 Å². The molecule has 1 aliphatic rings. The van der Waals surface area contributed by atoms with Gasteiger partial charge in [0, 0.05) is 23.3 Å². The molecular weight excluding hydrogens is 447 g/mol. The number of nitrogens with zero attached hydrogens (tertiary/aromatic N) is 3. The molecule has 5 rings (SSSR count). The fourth-order valence-corrected chi connectivity index (χ4v) is 4.80. The van der Waals surface area contributed by atoms with E-state index in [1.165, 1.54) is 0 Å². The molecule has 0 spiro atoms. The standard InChI is InChI=1S/C24H20Cl2N4O2/c25-16-5-7-18(19(26)13-16)24(9-11-32-12-10-24)23(31)29-17-6-8-22(27-14-17)30-15-28-20-3-1-2-4-21(20)30/h1-8,13-15H,9-12H2,(H,29,31).